The third-order valence-corrected chi connectivity index (χ3v) is 2.78. The van der Waals surface area contributed by atoms with Gasteiger partial charge in [0.25, 0.3) is 0 Å². The summed E-state index contributed by atoms with van der Waals surface area (Å²) in [5, 5.41) is 17.0. The fourth-order valence-corrected chi connectivity index (χ4v) is 1.71. The lowest BCUT2D eigenvalue weighted by atomic mass is 10.1. The number of methoxy groups -OCH3 is 1. The van der Waals surface area contributed by atoms with Crippen molar-refractivity contribution in [3.05, 3.63) is 41.8 Å². The summed E-state index contributed by atoms with van der Waals surface area (Å²) >= 11 is 0. The lowest BCUT2D eigenvalue weighted by molar-refractivity contribution is 0.400. The number of aromatic hydroxyl groups is 1. The summed E-state index contributed by atoms with van der Waals surface area (Å²) in [6.07, 6.45) is 1.53. The predicted octanol–water partition coefficient (Wildman–Crippen LogP) is 2.24. The average molecular weight is 248 g/mol. The van der Waals surface area contributed by atoms with Crippen LogP contribution in [-0.2, 0) is 6.54 Å². The average Bonchev–Trinajstić information content (AvgIpc) is 2.88. The molecular formula is C13H16N2O3. The Morgan fingerprint density at radius 1 is 1.44 bits per heavy atom. The minimum Gasteiger partial charge on any atom is -0.507 e. The molecule has 18 heavy (non-hydrogen) atoms. The second-order valence-electron chi connectivity index (χ2n) is 4.02. The highest BCUT2D eigenvalue weighted by Gasteiger charge is 2.11. The maximum Gasteiger partial charge on any atom is 0.124 e. The highest BCUT2D eigenvalue weighted by atomic mass is 16.5. The van der Waals surface area contributed by atoms with Gasteiger partial charge in [-0.2, -0.15) is 0 Å². The molecule has 0 saturated heterocycles. The van der Waals surface area contributed by atoms with E-state index >= 15 is 0 Å². The summed E-state index contributed by atoms with van der Waals surface area (Å²) < 4.78 is 9.80. The molecular weight excluding hydrogens is 232 g/mol. The fraction of sp³-hybridized carbons (Fsp3) is 0.308. The Bertz CT molecular complexity index is 497. The van der Waals surface area contributed by atoms with Gasteiger partial charge in [-0.15, -0.1) is 0 Å². The van der Waals surface area contributed by atoms with Crippen molar-refractivity contribution in [1.29, 1.82) is 0 Å². The van der Waals surface area contributed by atoms with Gasteiger partial charge in [0.2, 0.25) is 0 Å². The Hall–Kier alpha value is -2.01. The maximum absolute atomic E-state index is 9.90. The van der Waals surface area contributed by atoms with E-state index in [1.165, 1.54) is 6.26 Å². The Kier molecular flexibility index (Phi) is 3.84. The summed E-state index contributed by atoms with van der Waals surface area (Å²) in [6, 6.07) is 7.07. The number of hydrogen-bond acceptors (Lipinski definition) is 5. The van der Waals surface area contributed by atoms with Gasteiger partial charge in [-0.3, -0.25) is 0 Å². The molecule has 1 aromatic carbocycles. The van der Waals surface area contributed by atoms with Crippen molar-refractivity contribution in [2.75, 3.05) is 7.11 Å². The fourth-order valence-electron chi connectivity index (χ4n) is 1.71. The van der Waals surface area contributed by atoms with Crippen LogP contribution in [0.25, 0.3) is 0 Å². The first-order valence-electron chi connectivity index (χ1n) is 5.70. The molecule has 5 nitrogen and oxygen atoms in total. The lowest BCUT2D eigenvalue weighted by Crippen LogP contribution is -2.18. The quantitative estimate of drug-likeness (QED) is 0.849. The number of ether oxygens (including phenoxy) is 1. The van der Waals surface area contributed by atoms with Crippen LogP contribution in [0.3, 0.4) is 0 Å². The van der Waals surface area contributed by atoms with E-state index < -0.39 is 0 Å². The van der Waals surface area contributed by atoms with E-state index in [4.69, 9.17) is 9.26 Å². The van der Waals surface area contributed by atoms with Crippen molar-refractivity contribution in [2.45, 2.75) is 19.5 Å². The minimum absolute atomic E-state index is 0.00704. The number of hydrogen-bond donors (Lipinski definition) is 2. The second-order valence-corrected chi connectivity index (χ2v) is 4.02. The molecule has 0 radical (unpaired) electrons. The van der Waals surface area contributed by atoms with E-state index in [9.17, 15) is 5.11 Å². The van der Waals surface area contributed by atoms with Gasteiger partial charge in [0.05, 0.1) is 12.8 Å². The summed E-state index contributed by atoms with van der Waals surface area (Å²) in [6.45, 7) is 2.56. The van der Waals surface area contributed by atoms with Gasteiger partial charge >= 0.3 is 0 Å². The predicted molar refractivity (Wildman–Crippen MR) is 66.4 cm³/mol. The normalized spacial score (nSPS) is 12.3. The third-order valence-electron chi connectivity index (χ3n) is 2.78. The van der Waals surface area contributed by atoms with Crippen LogP contribution >= 0.6 is 0 Å². The zero-order chi connectivity index (χ0) is 13.0. The van der Waals surface area contributed by atoms with E-state index in [0.717, 1.165) is 11.3 Å². The van der Waals surface area contributed by atoms with Crippen molar-refractivity contribution < 1.29 is 14.4 Å². The molecule has 1 unspecified atom stereocenters. The second kappa shape index (κ2) is 5.55. The molecule has 0 amide bonds. The van der Waals surface area contributed by atoms with Crippen LogP contribution in [0.4, 0.5) is 0 Å². The van der Waals surface area contributed by atoms with E-state index in [-0.39, 0.29) is 11.8 Å². The standard InChI is InChI=1S/C13H16N2O3/c1-9(14-8-10-5-6-18-15-10)12-4-3-11(17-2)7-13(12)16/h3-7,9,14,16H,8H2,1-2H3. The summed E-state index contributed by atoms with van der Waals surface area (Å²) in [4.78, 5) is 0. The van der Waals surface area contributed by atoms with Crippen molar-refractivity contribution in [3.63, 3.8) is 0 Å². The number of rotatable bonds is 5. The van der Waals surface area contributed by atoms with Crippen molar-refractivity contribution >= 4 is 0 Å². The van der Waals surface area contributed by atoms with E-state index in [1.54, 1.807) is 19.2 Å². The van der Waals surface area contributed by atoms with Crippen LogP contribution in [0, 0.1) is 0 Å². The number of phenols is 1. The molecule has 2 aromatic rings. The Morgan fingerprint density at radius 2 is 2.28 bits per heavy atom. The Morgan fingerprint density at radius 3 is 2.89 bits per heavy atom. The molecule has 2 N–H and O–H groups in total. The van der Waals surface area contributed by atoms with E-state index in [0.29, 0.717) is 12.3 Å². The van der Waals surface area contributed by atoms with E-state index in [1.807, 2.05) is 19.1 Å². The molecule has 0 aliphatic rings. The number of nitrogens with one attached hydrogen (secondary N) is 1. The SMILES string of the molecule is COc1ccc(C(C)NCc2ccon2)c(O)c1. The first-order valence-corrected chi connectivity index (χ1v) is 5.70. The smallest absolute Gasteiger partial charge is 0.124 e. The highest BCUT2D eigenvalue weighted by Crippen LogP contribution is 2.28. The molecule has 1 heterocycles. The molecule has 2 rings (SSSR count). The van der Waals surface area contributed by atoms with Crippen LogP contribution in [0.15, 0.2) is 35.1 Å². The summed E-state index contributed by atoms with van der Waals surface area (Å²) in [7, 11) is 1.57. The summed E-state index contributed by atoms with van der Waals surface area (Å²) in [5.74, 6) is 0.856. The number of nitrogens with zero attached hydrogens (tertiary/aromatic N) is 1. The van der Waals surface area contributed by atoms with Gasteiger partial charge in [-0.25, -0.2) is 0 Å². The number of benzene rings is 1. The topological polar surface area (TPSA) is 67.5 Å². The van der Waals surface area contributed by atoms with Crippen LogP contribution in [0.1, 0.15) is 24.2 Å². The van der Waals surface area contributed by atoms with Gasteiger partial charge in [0, 0.05) is 30.3 Å². The van der Waals surface area contributed by atoms with Gasteiger partial charge < -0.3 is 19.7 Å². The molecule has 0 saturated carbocycles. The molecule has 0 aliphatic carbocycles. The zero-order valence-corrected chi connectivity index (χ0v) is 10.4. The number of phenolic OH excluding ortho intramolecular Hbond substituents is 1. The number of aromatic nitrogens is 1. The molecule has 1 aromatic heterocycles. The van der Waals surface area contributed by atoms with Crippen molar-refractivity contribution in [1.82, 2.24) is 10.5 Å². The van der Waals surface area contributed by atoms with Crippen LogP contribution in [0.2, 0.25) is 0 Å². The van der Waals surface area contributed by atoms with Gasteiger partial charge in [0.1, 0.15) is 17.8 Å². The van der Waals surface area contributed by atoms with E-state index in [2.05, 4.69) is 10.5 Å². The van der Waals surface area contributed by atoms with Crippen LogP contribution in [-0.4, -0.2) is 17.4 Å². The Balaban J connectivity index is 2.02. The van der Waals surface area contributed by atoms with Gasteiger partial charge in [0.15, 0.2) is 0 Å². The minimum atomic E-state index is 0.00704. The van der Waals surface area contributed by atoms with Gasteiger partial charge in [-0.1, -0.05) is 11.2 Å². The van der Waals surface area contributed by atoms with Gasteiger partial charge in [-0.05, 0) is 13.0 Å². The summed E-state index contributed by atoms with van der Waals surface area (Å²) in [5.41, 5.74) is 1.65. The van der Waals surface area contributed by atoms with Crippen LogP contribution < -0.4 is 10.1 Å². The highest BCUT2D eigenvalue weighted by molar-refractivity contribution is 5.41. The molecule has 5 heteroatoms. The maximum atomic E-state index is 9.90. The molecule has 0 aliphatic heterocycles. The largest absolute Gasteiger partial charge is 0.507 e. The monoisotopic (exact) mass is 248 g/mol. The molecule has 0 bridgehead atoms. The molecule has 1 atom stereocenters. The van der Waals surface area contributed by atoms with Crippen molar-refractivity contribution in [2.24, 2.45) is 0 Å². The molecule has 0 fully saturated rings. The third kappa shape index (κ3) is 2.81. The first kappa shape index (κ1) is 12.4. The molecule has 96 valence electrons. The first-order chi connectivity index (χ1) is 8.70. The molecule has 0 spiro atoms. The Labute approximate surface area is 105 Å². The van der Waals surface area contributed by atoms with Crippen LogP contribution in [0.5, 0.6) is 11.5 Å². The van der Waals surface area contributed by atoms with Crippen molar-refractivity contribution in [3.8, 4) is 11.5 Å². The lowest BCUT2D eigenvalue weighted by Gasteiger charge is -2.15. The zero-order valence-electron chi connectivity index (χ0n) is 10.4.